The van der Waals surface area contributed by atoms with E-state index >= 15 is 0 Å². The zero-order valence-electron chi connectivity index (χ0n) is 16.6. The van der Waals surface area contributed by atoms with Crippen LogP contribution in [0.25, 0.3) is 0 Å². The minimum atomic E-state index is -0.0786. The standard InChI is InChI=1S/C21H32N4O2/c1-18(21(27)25-16-14-24(15-17-25)19(2)26)23-12-10-22(11-13-23)9-8-20-6-4-3-5-7-20/h3-7,18H,8-17H2,1-2H3. The molecular weight excluding hydrogens is 340 g/mol. The Bertz CT molecular complexity index is 620. The topological polar surface area (TPSA) is 47.1 Å². The van der Waals surface area contributed by atoms with Gasteiger partial charge in [-0.2, -0.15) is 0 Å². The van der Waals surface area contributed by atoms with Crippen LogP contribution in [0.4, 0.5) is 0 Å². The molecule has 0 aromatic heterocycles. The molecular formula is C21H32N4O2. The Morgan fingerprint density at radius 2 is 1.48 bits per heavy atom. The molecule has 3 rings (SSSR count). The van der Waals surface area contributed by atoms with Gasteiger partial charge in [0.15, 0.2) is 0 Å². The molecule has 0 saturated carbocycles. The molecule has 148 valence electrons. The van der Waals surface area contributed by atoms with Crippen LogP contribution in [0, 0.1) is 0 Å². The van der Waals surface area contributed by atoms with Gasteiger partial charge in [0.2, 0.25) is 11.8 Å². The Hall–Kier alpha value is -1.92. The van der Waals surface area contributed by atoms with Crippen LogP contribution in [0.15, 0.2) is 30.3 Å². The van der Waals surface area contributed by atoms with Crippen molar-refractivity contribution in [2.45, 2.75) is 26.3 Å². The summed E-state index contributed by atoms with van der Waals surface area (Å²) in [7, 11) is 0. The van der Waals surface area contributed by atoms with Gasteiger partial charge in [0.25, 0.3) is 0 Å². The number of hydrogen-bond donors (Lipinski definition) is 0. The Kier molecular flexibility index (Phi) is 6.85. The number of hydrogen-bond acceptors (Lipinski definition) is 4. The van der Waals surface area contributed by atoms with Crippen molar-refractivity contribution in [3.05, 3.63) is 35.9 Å². The maximum absolute atomic E-state index is 12.8. The largest absolute Gasteiger partial charge is 0.339 e. The van der Waals surface area contributed by atoms with E-state index in [-0.39, 0.29) is 17.9 Å². The van der Waals surface area contributed by atoms with Crippen molar-refractivity contribution in [1.82, 2.24) is 19.6 Å². The van der Waals surface area contributed by atoms with Crippen molar-refractivity contribution < 1.29 is 9.59 Å². The van der Waals surface area contributed by atoms with E-state index in [9.17, 15) is 9.59 Å². The summed E-state index contributed by atoms with van der Waals surface area (Å²) in [6, 6.07) is 10.5. The smallest absolute Gasteiger partial charge is 0.239 e. The van der Waals surface area contributed by atoms with Crippen LogP contribution < -0.4 is 0 Å². The molecule has 0 aliphatic carbocycles. The minimum Gasteiger partial charge on any atom is -0.339 e. The molecule has 2 heterocycles. The molecule has 1 aromatic rings. The van der Waals surface area contributed by atoms with E-state index in [1.165, 1.54) is 5.56 Å². The lowest BCUT2D eigenvalue weighted by atomic mass is 10.1. The summed E-state index contributed by atoms with van der Waals surface area (Å²) in [5, 5.41) is 0. The van der Waals surface area contributed by atoms with E-state index in [0.717, 1.165) is 39.1 Å². The van der Waals surface area contributed by atoms with Crippen LogP contribution in [-0.2, 0) is 16.0 Å². The highest BCUT2D eigenvalue weighted by Gasteiger charge is 2.30. The fraction of sp³-hybridized carbons (Fsp3) is 0.619. The SMILES string of the molecule is CC(=O)N1CCN(C(=O)C(C)N2CCN(CCc3ccccc3)CC2)CC1. The van der Waals surface area contributed by atoms with Crippen molar-refractivity contribution in [3.8, 4) is 0 Å². The van der Waals surface area contributed by atoms with Gasteiger partial charge >= 0.3 is 0 Å². The lowest BCUT2D eigenvalue weighted by molar-refractivity contribution is -0.142. The quantitative estimate of drug-likeness (QED) is 0.771. The maximum atomic E-state index is 12.8. The number of carbonyl (C=O) groups is 2. The van der Waals surface area contributed by atoms with Gasteiger partial charge in [-0.05, 0) is 18.9 Å². The minimum absolute atomic E-state index is 0.0786. The van der Waals surface area contributed by atoms with Crippen molar-refractivity contribution in [2.75, 3.05) is 58.9 Å². The van der Waals surface area contributed by atoms with E-state index < -0.39 is 0 Å². The van der Waals surface area contributed by atoms with E-state index in [2.05, 4.69) is 40.1 Å². The van der Waals surface area contributed by atoms with Crippen LogP contribution >= 0.6 is 0 Å². The molecule has 0 N–H and O–H groups in total. The zero-order valence-corrected chi connectivity index (χ0v) is 16.6. The third-order valence-electron chi connectivity index (χ3n) is 5.91. The summed E-state index contributed by atoms with van der Waals surface area (Å²) in [5.74, 6) is 0.303. The number of amides is 2. The van der Waals surface area contributed by atoms with Gasteiger partial charge in [-0.1, -0.05) is 30.3 Å². The summed E-state index contributed by atoms with van der Waals surface area (Å²) in [4.78, 5) is 32.8. The van der Waals surface area contributed by atoms with Crippen molar-refractivity contribution in [1.29, 1.82) is 0 Å². The molecule has 2 amide bonds. The first-order valence-corrected chi connectivity index (χ1v) is 10.1. The molecule has 27 heavy (non-hydrogen) atoms. The molecule has 0 spiro atoms. The molecule has 0 radical (unpaired) electrons. The fourth-order valence-corrected chi connectivity index (χ4v) is 3.97. The number of rotatable bonds is 5. The summed E-state index contributed by atoms with van der Waals surface area (Å²) in [6.07, 6.45) is 1.08. The molecule has 2 aliphatic rings. The lowest BCUT2D eigenvalue weighted by Gasteiger charge is -2.41. The van der Waals surface area contributed by atoms with Gasteiger partial charge in [0.1, 0.15) is 0 Å². The molecule has 1 atom stereocenters. The first kappa shape index (κ1) is 19.8. The van der Waals surface area contributed by atoms with Crippen LogP contribution in [0.5, 0.6) is 0 Å². The highest BCUT2D eigenvalue weighted by atomic mass is 16.2. The second-order valence-electron chi connectivity index (χ2n) is 7.62. The molecule has 6 heteroatoms. The van der Waals surface area contributed by atoms with Gasteiger partial charge in [-0.3, -0.25) is 14.5 Å². The van der Waals surface area contributed by atoms with Gasteiger partial charge in [0.05, 0.1) is 6.04 Å². The normalized spacial score (nSPS) is 20.5. The number of nitrogens with zero attached hydrogens (tertiary/aromatic N) is 4. The van der Waals surface area contributed by atoms with E-state index in [1.54, 1.807) is 6.92 Å². The highest BCUT2D eigenvalue weighted by Crippen LogP contribution is 2.12. The summed E-state index contributed by atoms with van der Waals surface area (Å²) < 4.78 is 0. The molecule has 1 aromatic carbocycles. The first-order chi connectivity index (χ1) is 13.0. The Morgan fingerprint density at radius 3 is 2.07 bits per heavy atom. The molecule has 2 aliphatic heterocycles. The first-order valence-electron chi connectivity index (χ1n) is 10.1. The second kappa shape index (κ2) is 9.33. The molecule has 2 saturated heterocycles. The summed E-state index contributed by atoms with van der Waals surface area (Å²) in [6.45, 7) is 11.2. The Labute approximate surface area is 162 Å². The third-order valence-corrected chi connectivity index (χ3v) is 5.91. The summed E-state index contributed by atoms with van der Waals surface area (Å²) >= 11 is 0. The Morgan fingerprint density at radius 1 is 0.889 bits per heavy atom. The van der Waals surface area contributed by atoms with Crippen LogP contribution in [-0.4, -0.2) is 96.4 Å². The zero-order chi connectivity index (χ0) is 19.2. The van der Waals surface area contributed by atoms with Crippen molar-refractivity contribution in [3.63, 3.8) is 0 Å². The highest BCUT2D eigenvalue weighted by molar-refractivity contribution is 5.82. The van der Waals surface area contributed by atoms with E-state index in [4.69, 9.17) is 0 Å². The second-order valence-corrected chi connectivity index (χ2v) is 7.62. The fourth-order valence-electron chi connectivity index (χ4n) is 3.97. The van der Waals surface area contributed by atoms with Crippen molar-refractivity contribution in [2.24, 2.45) is 0 Å². The van der Waals surface area contributed by atoms with Crippen LogP contribution in [0.2, 0.25) is 0 Å². The predicted octanol–water partition coefficient (Wildman–Crippen LogP) is 0.926. The maximum Gasteiger partial charge on any atom is 0.239 e. The van der Waals surface area contributed by atoms with Crippen LogP contribution in [0.1, 0.15) is 19.4 Å². The average molecular weight is 373 g/mol. The number of benzene rings is 1. The third kappa shape index (κ3) is 5.30. The molecule has 2 fully saturated rings. The monoisotopic (exact) mass is 372 g/mol. The van der Waals surface area contributed by atoms with Gasteiger partial charge in [-0.25, -0.2) is 0 Å². The molecule has 1 unspecified atom stereocenters. The predicted molar refractivity (Wildman–Crippen MR) is 106 cm³/mol. The molecule has 6 nitrogen and oxygen atoms in total. The van der Waals surface area contributed by atoms with Gasteiger partial charge in [0, 0.05) is 65.8 Å². The number of carbonyl (C=O) groups excluding carboxylic acids is 2. The van der Waals surface area contributed by atoms with Gasteiger partial charge in [-0.15, -0.1) is 0 Å². The Balaban J connectivity index is 1.41. The lowest BCUT2D eigenvalue weighted by Crippen LogP contribution is -2.57. The average Bonchev–Trinajstić information content (AvgIpc) is 2.72. The van der Waals surface area contributed by atoms with E-state index in [0.29, 0.717) is 26.2 Å². The van der Waals surface area contributed by atoms with Crippen LogP contribution in [0.3, 0.4) is 0 Å². The molecule has 0 bridgehead atoms. The van der Waals surface area contributed by atoms with E-state index in [1.807, 2.05) is 16.7 Å². The number of piperazine rings is 2. The summed E-state index contributed by atoms with van der Waals surface area (Å²) in [5.41, 5.74) is 1.38. The van der Waals surface area contributed by atoms with Gasteiger partial charge < -0.3 is 14.7 Å². The van der Waals surface area contributed by atoms with Crippen molar-refractivity contribution >= 4 is 11.8 Å².